The number of rotatable bonds is 2. The van der Waals surface area contributed by atoms with Gasteiger partial charge in [-0.25, -0.2) is 0 Å². The summed E-state index contributed by atoms with van der Waals surface area (Å²) in [6.07, 6.45) is 9.75. The third-order valence-corrected chi connectivity index (χ3v) is 7.79. The Morgan fingerprint density at radius 3 is 3.03 bits per heavy atom. The second-order valence-electron chi connectivity index (χ2n) is 9.05. The lowest BCUT2D eigenvalue weighted by Crippen LogP contribution is -2.62. The maximum atomic E-state index is 13.4. The highest BCUT2D eigenvalue weighted by Gasteiger charge is 2.68. The summed E-state index contributed by atoms with van der Waals surface area (Å²) in [5.41, 5.74) is 0.374. The van der Waals surface area contributed by atoms with Gasteiger partial charge < -0.3 is 19.8 Å². The molecular formula is C23H24N2O4. The monoisotopic (exact) mass is 392 g/mol. The molecule has 2 aliphatic heterocycles. The van der Waals surface area contributed by atoms with Crippen molar-refractivity contribution in [2.24, 2.45) is 11.3 Å². The number of piperidine rings is 1. The van der Waals surface area contributed by atoms with Crippen molar-refractivity contribution in [2.75, 3.05) is 13.6 Å². The Morgan fingerprint density at radius 2 is 2.24 bits per heavy atom. The minimum atomic E-state index is -1.76. The lowest BCUT2D eigenvalue weighted by atomic mass is 9.51. The lowest BCUT2D eigenvalue weighted by Gasteiger charge is -2.58. The van der Waals surface area contributed by atoms with Gasteiger partial charge in [-0.3, -0.25) is 9.78 Å². The average molecular weight is 392 g/mol. The number of hydrogen-bond donors (Lipinski definition) is 2. The maximum Gasteiger partial charge on any atom is 0.204 e. The number of ketones is 1. The average Bonchev–Trinajstić information content (AvgIpc) is 3.10. The van der Waals surface area contributed by atoms with Crippen molar-refractivity contribution in [3.63, 3.8) is 0 Å². The van der Waals surface area contributed by atoms with E-state index in [9.17, 15) is 15.0 Å². The van der Waals surface area contributed by atoms with Crippen molar-refractivity contribution in [1.29, 1.82) is 0 Å². The molecule has 2 N–H and O–H groups in total. The summed E-state index contributed by atoms with van der Waals surface area (Å²) in [7, 11) is 2.16. The Labute approximate surface area is 169 Å². The van der Waals surface area contributed by atoms with Gasteiger partial charge in [0.15, 0.2) is 5.60 Å². The van der Waals surface area contributed by atoms with Crippen molar-refractivity contribution >= 4 is 5.78 Å². The smallest absolute Gasteiger partial charge is 0.204 e. The number of nitrogens with zero attached hydrogens (tertiary/aromatic N) is 2. The third kappa shape index (κ3) is 2.02. The summed E-state index contributed by atoms with van der Waals surface area (Å²) in [5, 5.41) is 22.5. The first-order valence-corrected chi connectivity index (χ1v) is 10.3. The molecule has 2 fully saturated rings. The van der Waals surface area contributed by atoms with Crippen LogP contribution in [0.4, 0.5) is 0 Å². The molecule has 0 radical (unpaired) electrons. The predicted octanol–water partition coefficient (Wildman–Crippen LogP) is 1.62. The fourth-order valence-corrected chi connectivity index (χ4v) is 6.43. The molecule has 1 saturated heterocycles. The van der Waals surface area contributed by atoms with E-state index in [0.29, 0.717) is 17.4 Å². The molecule has 2 bridgehead atoms. The molecule has 3 aliphatic carbocycles. The first kappa shape index (κ1) is 17.6. The molecule has 3 heterocycles. The molecule has 6 nitrogen and oxygen atoms in total. The van der Waals surface area contributed by atoms with E-state index in [0.717, 1.165) is 25.0 Å². The Kier molecular flexibility index (Phi) is 3.43. The molecule has 6 heteroatoms. The molecule has 1 saturated carbocycles. The minimum Gasteiger partial charge on any atom is -0.487 e. The predicted molar refractivity (Wildman–Crippen MR) is 105 cm³/mol. The molecule has 6 atom stereocenters. The molecule has 150 valence electrons. The zero-order valence-corrected chi connectivity index (χ0v) is 16.3. The summed E-state index contributed by atoms with van der Waals surface area (Å²) in [4.78, 5) is 19.8. The first-order valence-electron chi connectivity index (χ1n) is 10.3. The Bertz CT molecular complexity index is 999. The zero-order valence-electron chi connectivity index (χ0n) is 16.3. The van der Waals surface area contributed by atoms with Crippen LogP contribution in [0.2, 0.25) is 0 Å². The maximum absolute atomic E-state index is 13.4. The minimum absolute atomic E-state index is 0.183. The van der Waals surface area contributed by atoms with Crippen LogP contribution in [0.15, 0.2) is 59.7 Å². The second-order valence-corrected chi connectivity index (χ2v) is 9.05. The normalized spacial score (nSPS) is 42.2. The highest BCUT2D eigenvalue weighted by Crippen LogP contribution is 2.66. The number of aromatic nitrogens is 1. The molecule has 1 aromatic heterocycles. The van der Waals surface area contributed by atoms with Crippen LogP contribution >= 0.6 is 0 Å². The lowest BCUT2D eigenvalue weighted by molar-refractivity contribution is -0.0989. The van der Waals surface area contributed by atoms with E-state index in [2.05, 4.69) is 23.0 Å². The molecule has 1 spiro atoms. The number of Topliss-reactive ketones (excluding diaryl/α,β-unsaturated/α-hetero) is 1. The van der Waals surface area contributed by atoms with Gasteiger partial charge in [-0.15, -0.1) is 0 Å². The van der Waals surface area contributed by atoms with Gasteiger partial charge in [-0.1, -0.05) is 18.2 Å². The molecular weight excluding hydrogens is 368 g/mol. The van der Waals surface area contributed by atoms with Gasteiger partial charge in [-0.2, -0.15) is 0 Å². The standard InChI is InChI=1S/C23H24N2O4/c1-25-10-8-22-15-4-5-17(26)20(22)29-21-18(22)13(11-16(15)25)6-7-23(21,28)19(27)14-3-2-9-24-12-14/h2-6,9,12,15-17,20,26,28H,7-8,10-11H2,1H3/t15-,16+,17-,20-,22-,23?/m0/s1. The van der Waals surface area contributed by atoms with E-state index in [-0.39, 0.29) is 17.8 Å². The van der Waals surface area contributed by atoms with Crippen LogP contribution in [0.1, 0.15) is 29.6 Å². The van der Waals surface area contributed by atoms with Gasteiger partial charge in [-0.05, 0) is 44.1 Å². The Balaban J connectivity index is 1.54. The van der Waals surface area contributed by atoms with Crippen molar-refractivity contribution in [3.05, 3.63) is 65.2 Å². The number of aliphatic hydroxyl groups excluding tert-OH is 1. The largest absolute Gasteiger partial charge is 0.487 e. The van der Waals surface area contributed by atoms with Crippen molar-refractivity contribution in [1.82, 2.24) is 9.88 Å². The van der Waals surface area contributed by atoms with Gasteiger partial charge in [0.25, 0.3) is 0 Å². The Morgan fingerprint density at radius 1 is 1.38 bits per heavy atom. The number of pyridine rings is 1. The highest BCUT2D eigenvalue weighted by molar-refractivity contribution is 6.04. The first-order chi connectivity index (χ1) is 14.0. The van der Waals surface area contributed by atoms with Gasteiger partial charge >= 0.3 is 0 Å². The quantitative estimate of drug-likeness (QED) is 0.588. The zero-order chi connectivity index (χ0) is 20.0. The van der Waals surface area contributed by atoms with Crippen LogP contribution < -0.4 is 0 Å². The van der Waals surface area contributed by atoms with E-state index < -0.39 is 23.6 Å². The second kappa shape index (κ2) is 5.65. The number of likely N-dealkylation sites (tertiary alicyclic amines) is 1. The van der Waals surface area contributed by atoms with E-state index >= 15 is 0 Å². The van der Waals surface area contributed by atoms with Crippen molar-refractivity contribution in [3.8, 4) is 0 Å². The summed E-state index contributed by atoms with van der Waals surface area (Å²) in [5.74, 6) is 0.173. The van der Waals surface area contributed by atoms with E-state index in [1.165, 1.54) is 11.8 Å². The van der Waals surface area contributed by atoms with Crippen LogP contribution in [0, 0.1) is 11.3 Å². The fraction of sp³-hybridized carbons (Fsp3) is 0.478. The van der Waals surface area contributed by atoms with Crippen LogP contribution in [0.25, 0.3) is 0 Å². The summed E-state index contributed by atoms with van der Waals surface area (Å²) in [6.45, 7) is 0.903. The number of carbonyl (C=O) groups is 1. The topological polar surface area (TPSA) is 82.9 Å². The fourth-order valence-electron chi connectivity index (χ4n) is 6.43. The van der Waals surface area contributed by atoms with Gasteiger partial charge in [0, 0.05) is 47.3 Å². The highest BCUT2D eigenvalue weighted by atomic mass is 16.5. The summed E-state index contributed by atoms with van der Waals surface area (Å²) in [6, 6.07) is 3.70. The van der Waals surface area contributed by atoms with Gasteiger partial charge in [0.1, 0.15) is 18.0 Å². The van der Waals surface area contributed by atoms with Gasteiger partial charge in [0.2, 0.25) is 5.78 Å². The number of aliphatic hydroxyl groups is 2. The van der Waals surface area contributed by atoms with Crippen molar-refractivity contribution in [2.45, 2.75) is 43.1 Å². The van der Waals surface area contributed by atoms with E-state index in [4.69, 9.17) is 4.74 Å². The van der Waals surface area contributed by atoms with Crippen LogP contribution in [0.3, 0.4) is 0 Å². The molecule has 29 heavy (non-hydrogen) atoms. The van der Waals surface area contributed by atoms with Crippen LogP contribution in [-0.2, 0) is 4.74 Å². The molecule has 0 amide bonds. The third-order valence-electron chi connectivity index (χ3n) is 7.79. The molecule has 6 rings (SSSR count). The van der Waals surface area contributed by atoms with Crippen molar-refractivity contribution < 1.29 is 19.7 Å². The number of ether oxygens (including phenoxy) is 1. The van der Waals surface area contributed by atoms with E-state index in [1.54, 1.807) is 18.3 Å². The molecule has 5 aliphatic rings. The Hall–Kier alpha value is -2.28. The SMILES string of the molecule is CN1CC[C@]23C4=C5O[C@H]2[C@@H](O)C=C[C@H]3[C@H]1CC4=CCC5(O)C(=O)c1cccnc1. The summed E-state index contributed by atoms with van der Waals surface area (Å²) < 4.78 is 6.36. The molecule has 1 aromatic rings. The van der Waals surface area contributed by atoms with Crippen LogP contribution in [-0.4, -0.2) is 63.3 Å². The van der Waals surface area contributed by atoms with Crippen LogP contribution in [0.5, 0.6) is 0 Å². The van der Waals surface area contributed by atoms with Gasteiger partial charge in [0.05, 0.1) is 0 Å². The molecule has 0 aromatic carbocycles. The molecule has 1 unspecified atom stereocenters. The number of hydrogen-bond acceptors (Lipinski definition) is 6. The number of carbonyl (C=O) groups excluding carboxylic acids is 1. The summed E-state index contributed by atoms with van der Waals surface area (Å²) >= 11 is 0. The van der Waals surface area contributed by atoms with E-state index in [1.807, 2.05) is 12.2 Å².